The Bertz CT molecular complexity index is 175. The van der Waals surface area contributed by atoms with Crippen LogP contribution in [0.3, 0.4) is 0 Å². The van der Waals surface area contributed by atoms with Gasteiger partial charge in [0.1, 0.15) is 6.10 Å². The van der Waals surface area contributed by atoms with E-state index in [0.717, 1.165) is 0 Å². The number of rotatable bonds is 1. The molecule has 0 N–H and O–H groups in total. The zero-order valence-corrected chi connectivity index (χ0v) is 8.45. The highest BCUT2D eigenvalue weighted by molar-refractivity contribution is 8.87. The lowest BCUT2D eigenvalue weighted by atomic mass is 10.4. The summed E-state index contributed by atoms with van der Waals surface area (Å²) in [6.45, 7) is 1.82. The molecule has 11 heavy (non-hydrogen) atoms. The summed E-state index contributed by atoms with van der Waals surface area (Å²) < 4.78 is 9.75. The van der Waals surface area contributed by atoms with E-state index in [1.165, 1.54) is 0 Å². The van der Waals surface area contributed by atoms with E-state index in [1.54, 1.807) is 0 Å². The third kappa shape index (κ3) is 1.96. The van der Waals surface area contributed by atoms with Crippen LogP contribution in [0, 0.1) is 0 Å². The van der Waals surface area contributed by atoms with Gasteiger partial charge in [-0.15, -0.1) is 11.7 Å². The van der Waals surface area contributed by atoms with Gasteiger partial charge in [-0.25, -0.2) is 4.79 Å². The van der Waals surface area contributed by atoms with Gasteiger partial charge in [0, 0.05) is 0 Å². The maximum Gasteiger partial charge on any atom is 0.509 e. The molecule has 2 atom stereocenters. The summed E-state index contributed by atoms with van der Waals surface area (Å²) >= 11 is 4.38. The molecule has 0 aromatic carbocycles. The Morgan fingerprint density at radius 2 is 2.00 bits per heavy atom. The van der Waals surface area contributed by atoms with Gasteiger partial charge >= 0.3 is 6.16 Å². The zero-order chi connectivity index (χ0) is 8.65. The highest BCUT2D eigenvalue weighted by atomic mass is 33.1. The van der Waals surface area contributed by atoms with Crippen LogP contribution in [0.5, 0.6) is 0 Å². The first-order chi connectivity index (χ1) is 4.91. The Hall–Kier alpha value is -0.0300. The van der Waals surface area contributed by atoms with Gasteiger partial charge in [0.2, 0.25) is 0 Å². The van der Waals surface area contributed by atoms with Crippen molar-refractivity contribution >= 4 is 26.9 Å². The molecule has 1 aliphatic rings. The van der Waals surface area contributed by atoms with Crippen LogP contribution >= 0.6 is 20.7 Å². The normalized spacial score (nSPS) is 32.9. The third-order valence-corrected chi connectivity index (χ3v) is 3.69. The lowest BCUT2D eigenvalue weighted by Gasteiger charge is -2.30. The van der Waals surface area contributed by atoms with Crippen LogP contribution in [0.2, 0.25) is 0 Å². The van der Waals surface area contributed by atoms with Gasteiger partial charge in [-0.05, 0) is 19.4 Å². The Kier molecular flexibility index (Phi) is 2.29. The summed E-state index contributed by atoms with van der Waals surface area (Å²) in [6, 6.07) is 0. The van der Waals surface area contributed by atoms with E-state index < -0.39 is 15.2 Å². The van der Waals surface area contributed by atoms with Crippen molar-refractivity contribution in [3.05, 3.63) is 0 Å². The molecular formula is C6H12O3S2. The van der Waals surface area contributed by atoms with Crippen molar-refractivity contribution < 1.29 is 14.3 Å². The summed E-state index contributed by atoms with van der Waals surface area (Å²) in [5.41, 5.74) is -0.168. The van der Waals surface area contributed by atoms with E-state index >= 15 is 0 Å². The van der Waals surface area contributed by atoms with Gasteiger partial charge in [-0.2, -0.15) is 9.06 Å². The molecule has 0 aromatic heterocycles. The average molecular weight is 196 g/mol. The minimum atomic E-state index is -1.16. The van der Waals surface area contributed by atoms with E-state index in [4.69, 9.17) is 9.47 Å². The Morgan fingerprint density at radius 1 is 1.45 bits per heavy atom. The number of cyclic esters (lactones) is 2. The van der Waals surface area contributed by atoms with Crippen LogP contribution in [0.4, 0.5) is 4.79 Å². The second-order valence-electron chi connectivity index (χ2n) is 2.91. The van der Waals surface area contributed by atoms with Gasteiger partial charge in [-0.3, -0.25) is 0 Å². The molecule has 66 valence electrons. The second kappa shape index (κ2) is 2.79. The minimum Gasteiger partial charge on any atom is -0.426 e. The molecule has 0 amide bonds. The molecule has 1 saturated heterocycles. The summed E-state index contributed by atoms with van der Waals surface area (Å²) in [7, 11) is -1.16. The number of carbonyl (C=O) groups is 1. The molecule has 0 spiro atoms. The van der Waals surface area contributed by atoms with Crippen molar-refractivity contribution in [2.24, 2.45) is 0 Å². The molecular weight excluding hydrogens is 184 g/mol. The fraction of sp³-hybridized carbons (Fsp3) is 0.833. The molecule has 0 aromatic rings. The molecule has 3 nitrogen and oxygen atoms in total. The molecule has 1 aliphatic heterocycles. The van der Waals surface area contributed by atoms with Gasteiger partial charge in [0.15, 0.2) is 5.44 Å². The lowest BCUT2D eigenvalue weighted by molar-refractivity contribution is 0.121. The summed E-state index contributed by atoms with van der Waals surface area (Å²) in [5, 5.41) is 0. The van der Waals surface area contributed by atoms with Crippen molar-refractivity contribution in [1.29, 1.82) is 0 Å². The fourth-order valence-corrected chi connectivity index (χ4v) is 2.96. The van der Waals surface area contributed by atoms with Crippen molar-refractivity contribution in [2.75, 3.05) is 12.5 Å². The Labute approximate surface area is 72.6 Å². The van der Waals surface area contributed by atoms with E-state index in [0.29, 0.717) is 0 Å². The van der Waals surface area contributed by atoms with Crippen LogP contribution in [0.25, 0.3) is 0 Å². The number of thiol groups is 1. The minimum absolute atomic E-state index is 0.162. The quantitative estimate of drug-likeness (QED) is 0.394. The van der Waals surface area contributed by atoms with Gasteiger partial charge in [-0.1, -0.05) is 0 Å². The van der Waals surface area contributed by atoms with Crippen molar-refractivity contribution in [3.8, 4) is 0 Å². The zero-order valence-electron chi connectivity index (χ0n) is 6.73. The summed E-state index contributed by atoms with van der Waals surface area (Å²) in [5.74, 6) is 0. The van der Waals surface area contributed by atoms with Crippen LogP contribution in [0.15, 0.2) is 0 Å². The van der Waals surface area contributed by atoms with Crippen molar-refractivity contribution in [3.63, 3.8) is 0 Å². The average Bonchev–Trinajstić information content (AvgIpc) is 2.08. The van der Waals surface area contributed by atoms with Gasteiger partial charge in [0.05, 0.1) is 0 Å². The molecule has 1 fully saturated rings. The SMILES string of the molecule is CC1OC(=O)OC1S(C)(C)S. The van der Waals surface area contributed by atoms with E-state index in [2.05, 4.69) is 11.7 Å². The maximum absolute atomic E-state index is 10.6. The van der Waals surface area contributed by atoms with Gasteiger partial charge < -0.3 is 9.47 Å². The number of hydrogen-bond acceptors (Lipinski definition) is 4. The molecule has 0 radical (unpaired) electrons. The summed E-state index contributed by atoms with van der Waals surface area (Å²) in [6.07, 6.45) is 3.21. The predicted molar refractivity (Wildman–Crippen MR) is 49.2 cm³/mol. The molecule has 0 bridgehead atoms. The largest absolute Gasteiger partial charge is 0.509 e. The third-order valence-electron chi connectivity index (χ3n) is 1.45. The molecule has 5 heteroatoms. The van der Waals surface area contributed by atoms with Gasteiger partial charge in [0.25, 0.3) is 0 Å². The van der Waals surface area contributed by atoms with Crippen LogP contribution < -0.4 is 0 Å². The topological polar surface area (TPSA) is 35.5 Å². The number of hydrogen-bond donors (Lipinski definition) is 1. The monoisotopic (exact) mass is 196 g/mol. The van der Waals surface area contributed by atoms with Crippen LogP contribution in [-0.2, 0) is 9.47 Å². The van der Waals surface area contributed by atoms with E-state index in [1.807, 2.05) is 19.4 Å². The number of carbonyl (C=O) groups excluding carboxylic acids is 1. The molecule has 0 saturated carbocycles. The Balaban J connectivity index is 2.67. The lowest BCUT2D eigenvalue weighted by Crippen LogP contribution is -2.22. The second-order valence-corrected chi connectivity index (χ2v) is 8.90. The Morgan fingerprint density at radius 3 is 2.18 bits per heavy atom. The number of ether oxygens (including phenoxy) is 2. The highest BCUT2D eigenvalue weighted by Gasteiger charge is 2.39. The van der Waals surface area contributed by atoms with Crippen molar-refractivity contribution in [1.82, 2.24) is 0 Å². The fourth-order valence-electron chi connectivity index (χ4n) is 1.01. The van der Waals surface area contributed by atoms with E-state index in [-0.39, 0.29) is 11.5 Å². The first-order valence-corrected chi connectivity index (χ1v) is 6.79. The molecule has 0 aliphatic carbocycles. The highest BCUT2D eigenvalue weighted by Crippen LogP contribution is 2.53. The molecule has 1 rings (SSSR count). The smallest absolute Gasteiger partial charge is 0.426 e. The predicted octanol–water partition coefficient (Wildman–Crippen LogP) is 1.78. The first-order valence-electron chi connectivity index (χ1n) is 3.23. The molecule has 1 heterocycles. The standard InChI is InChI=1S/C6H12O3S2/c1-4-5(11(2,3)10)9-6(7)8-4/h4-5,10H,1-3H3. The van der Waals surface area contributed by atoms with Crippen molar-refractivity contribution in [2.45, 2.75) is 18.5 Å². The van der Waals surface area contributed by atoms with Crippen LogP contribution in [0.1, 0.15) is 6.92 Å². The molecule has 2 unspecified atom stereocenters. The summed E-state index contributed by atoms with van der Waals surface area (Å²) in [4.78, 5) is 10.6. The first kappa shape index (κ1) is 9.06. The maximum atomic E-state index is 10.6. The van der Waals surface area contributed by atoms with E-state index in [9.17, 15) is 4.79 Å². The van der Waals surface area contributed by atoms with Crippen LogP contribution in [-0.4, -0.2) is 30.2 Å².